The van der Waals surface area contributed by atoms with Crippen LogP contribution in [0.5, 0.6) is 5.75 Å². The van der Waals surface area contributed by atoms with Crippen LogP contribution in [0.2, 0.25) is 10.0 Å². The van der Waals surface area contributed by atoms with Gasteiger partial charge in [0.1, 0.15) is 0 Å². The van der Waals surface area contributed by atoms with E-state index >= 15 is 0 Å². The topological polar surface area (TPSA) is 41.6 Å². The number of nitrogens with one attached hydrogen (secondary N) is 1. The summed E-state index contributed by atoms with van der Waals surface area (Å²) < 4.78 is 5.53. The first kappa shape index (κ1) is 15.9. The number of carbonyl (C=O) groups excluding carboxylic acids is 1. The second-order valence-corrected chi connectivity index (χ2v) is 6.96. The molecule has 0 saturated carbocycles. The van der Waals surface area contributed by atoms with Gasteiger partial charge in [-0.05, 0) is 43.4 Å². The van der Waals surface area contributed by atoms with Gasteiger partial charge in [0.05, 0.1) is 10.0 Å². The van der Waals surface area contributed by atoms with Gasteiger partial charge in [0.2, 0.25) is 0 Å². The van der Waals surface area contributed by atoms with Gasteiger partial charge in [-0.1, -0.05) is 29.3 Å². The van der Waals surface area contributed by atoms with Crippen LogP contribution in [-0.4, -0.2) is 43.6 Å². The summed E-state index contributed by atoms with van der Waals surface area (Å²) in [5.41, 5.74) is 0.406. The van der Waals surface area contributed by atoms with Crippen molar-refractivity contribution in [2.45, 2.75) is 19.3 Å². The lowest BCUT2D eigenvalue weighted by Crippen LogP contribution is -2.45. The Kier molecular flexibility index (Phi) is 4.81. The maximum absolute atomic E-state index is 12.3. The number of halogens is 2. The molecule has 0 aromatic heterocycles. The second kappa shape index (κ2) is 6.65. The van der Waals surface area contributed by atoms with Crippen molar-refractivity contribution in [2.75, 3.05) is 32.8 Å². The molecule has 0 radical (unpaired) electrons. The Morgan fingerprint density at radius 2 is 1.91 bits per heavy atom. The molecule has 1 aromatic carbocycles. The molecule has 2 heterocycles. The molecule has 120 valence electrons. The number of ether oxygens (including phenoxy) is 1. The molecule has 22 heavy (non-hydrogen) atoms. The van der Waals surface area contributed by atoms with Crippen LogP contribution in [0.4, 0.5) is 0 Å². The molecule has 2 fully saturated rings. The van der Waals surface area contributed by atoms with Gasteiger partial charge >= 0.3 is 0 Å². The van der Waals surface area contributed by atoms with Gasteiger partial charge in [-0.2, -0.15) is 0 Å². The molecule has 1 aromatic rings. The average Bonchev–Trinajstić information content (AvgIpc) is 2.95. The molecular formula is C16H20Cl2N2O2. The Hall–Kier alpha value is -0.970. The third-order valence-corrected chi connectivity index (χ3v) is 5.36. The number of likely N-dealkylation sites (tertiary alicyclic amines) is 1. The Morgan fingerprint density at radius 1 is 1.23 bits per heavy atom. The monoisotopic (exact) mass is 342 g/mol. The van der Waals surface area contributed by atoms with Crippen LogP contribution >= 0.6 is 23.2 Å². The van der Waals surface area contributed by atoms with E-state index in [0.717, 1.165) is 39.0 Å². The molecule has 2 aliphatic rings. The largest absolute Gasteiger partial charge is 0.481 e. The first-order valence-electron chi connectivity index (χ1n) is 7.65. The summed E-state index contributed by atoms with van der Waals surface area (Å²) in [6.45, 7) is 3.78. The lowest BCUT2D eigenvalue weighted by molar-refractivity contribution is -0.135. The molecule has 0 unspecified atom stereocenters. The van der Waals surface area contributed by atoms with E-state index in [1.807, 2.05) is 4.90 Å². The van der Waals surface area contributed by atoms with Gasteiger partial charge in [-0.25, -0.2) is 0 Å². The molecule has 3 rings (SSSR count). The maximum atomic E-state index is 12.3. The molecule has 0 atom stereocenters. The number of carbonyl (C=O) groups is 1. The predicted molar refractivity (Wildman–Crippen MR) is 87.7 cm³/mol. The Balaban J connectivity index is 1.53. The van der Waals surface area contributed by atoms with Gasteiger partial charge in [-0.3, -0.25) is 4.79 Å². The highest BCUT2D eigenvalue weighted by Crippen LogP contribution is 2.37. The molecule has 2 saturated heterocycles. The standard InChI is InChI=1S/C16H20Cl2N2O2/c17-12-2-1-3-13(18)15(12)22-10-14(21)20-8-5-16(6-9-20)4-7-19-11-16/h1-3,19H,4-11H2. The fraction of sp³-hybridized carbons (Fsp3) is 0.562. The Labute approximate surface area is 140 Å². The number of benzene rings is 1. The molecule has 1 N–H and O–H groups in total. The fourth-order valence-electron chi connectivity index (χ4n) is 3.30. The molecule has 4 nitrogen and oxygen atoms in total. The van der Waals surface area contributed by atoms with Crippen LogP contribution in [0, 0.1) is 5.41 Å². The van der Waals surface area contributed by atoms with Gasteiger partial charge in [0.15, 0.2) is 12.4 Å². The average molecular weight is 343 g/mol. The van der Waals surface area contributed by atoms with Crippen LogP contribution in [0.25, 0.3) is 0 Å². The second-order valence-electron chi connectivity index (χ2n) is 6.15. The zero-order chi connectivity index (χ0) is 15.6. The van der Waals surface area contributed by atoms with Gasteiger partial charge in [0.25, 0.3) is 5.91 Å². The summed E-state index contributed by atoms with van der Waals surface area (Å²) in [6.07, 6.45) is 3.36. The van der Waals surface area contributed by atoms with E-state index in [4.69, 9.17) is 27.9 Å². The normalized spacial score (nSPS) is 20.4. The Morgan fingerprint density at radius 3 is 2.50 bits per heavy atom. The number of amides is 1. The molecule has 2 aliphatic heterocycles. The summed E-state index contributed by atoms with van der Waals surface area (Å²) in [5, 5.41) is 4.28. The molecule has 1 spiro atoms. The summed E-state index contributed by atoms with van der Waals surface area (Å²) in [5.74, 6) is 0.379. The smallest absolute Gasteiger partial charge is 0.260 e. The van der Waals surface area contributed by atoms with Crippen LogP contribution in [-0.2, 0) is 4.79 Å². The van der Waals surface area contributed by atoms with Crippen molar-refractivity contribution in [1.29, 1.82) is 0 Å². The van der Waals surface area contributed by atoms with Crippen LogP contribution < -0.4 is 10.1 Å². The predicted octanol–water partition coefficient (Wildman–Crippen LogP) is 2.97. The molecule has 0 bridgehead atoms. The quantitative estimate of drug-likeness (QED) is 0.918. The van der Waals surface area contributed by atoms with E-state index in [9.17, 15) is 4.79 Å². The van der Waals surface area contributed by atoms with Crippen molar-refractivity contribution in [3.63, 3.8) is 0 Å². The molecule has 6 heteroatoms. The third kappa shape index (κ3) is 3.34. The van der Waals surface area contributed by atoms with Crippen LogP contribution in [0.1, 0.15) is 19.3 Å². The van der Waals surface area contributed by atoms with Gasteiger partial charge < -0.3 is 15.0 Å². The van der Waals surface area contributed by atoms with Crippen molar-refractivity contribution in [3.8, 4) is 5.75 Å². The highest BCUT2D eigenvalue weighted by atomic mass is 35.5. The zero-order valence-corrected chi connectivity index (χ0v) is 13.9. The van der Waals surface area contributed by atoms with E-state index in [1.165, 1.54) is 6.42 Å². The summed E-state index contributed by atoms with van der Waals surface area (Å²) in [7, 11) is 0. The number of nitrogens with zero attached hydrogens (tertiary/aromatic N) is 1. The van der Waals surface area contributed by atoms with Gasteiger partial charge in [0, 0.05) is 19.6 Å². The van der Waals surface area contributed by atoms with Crippen LogP contribution in [0.3, 0.4) is 0 Å². The SMILES string of the molecule is O=C(COc1c(Cl)cccc1Cl)N1CCC2(CCNC2)CC1. The van der Waals surface area contributed by atoms with E-state index in [2.05, 4.69) is 5.32 Å². The lowest BCUT2D eigenvalue weighted by Gasteiger charge is -2.38. The lowest BCUT2D eigenvalue weighted by atomic mass is 9.78. The summed E-state index contributed by atoms with van der Waals surface area (Å²) in [6, 6.07) is 5.15. The minimum atomic E-state index is -0.0191. The number of piperidine rings is 1. The third-order valence-electron chi connectivity index (χ3n) is 4.77. The zero-order valence-electron chi connectivity index (χ0n) is 12.4. The highest BCUT2D eigenvalue weighted by Gasteiger charge is 2.38. The first-order chi connectivity index (χ1) is 10.6. The van der Waals surface area contributed by atoms with Crippen molar-refractivity contribution < 1.29 is 9.53 Å². The maximum Gasteiger partial charge on any atom is 0.260 e. The van der Waals surface area contributed by atoms with E-state index in [-0.39, 0.29) is 12.5 Å². The van der Waals surface area contributed by atoms with Crippen molar-refractivity contribution >= 4 is 29.1 Å². The highest BCUT2D eigenvalue weighted by molar-refractivity contribution is 6.37. The number of para-hydroxylation sites is 1. The minimum Gasteiger partial charge on any atom is -0.481 e. The first-order valence-corrected chi connectivity index (χ1v) is 8.41. The number of hydrogen-bond donors (Lipinski definition) is 1. The summed E-state index contributed by atoms with van der Waals surface area (Å²) in [4.78, 5) is 14.2. The van der Waals surface area contributed by atoms with E-state index in [1.54, 1.807) is 18.2 Å². The Bertz CT molecular complexity index is 529. The van der Waals surface area contributed by atoms with Gasteiger partial charge in [-0.15, -0.1) is 0 Å². The van der Waals surface area contributed by atoms with E-state index < -0.39 is 0 Å². The molecule has 1 amide bonds. The molecule has 0 aliphatic carbocycles. The van der Waals surface area contributed by atoms with Crippen molar-refractivity contribution in [3.05, 3.63) is 28.2 Å². The number of rotatable bonds is 3. The van der Waals surface area contributed by atoms with Crippen LogP contribution in [0.15, 0.2) is 18.2 Å². The number of hydrogen-bond acceptors (Lipinski definition) is 3. The van der Waals surface area contributed by atoms with Crippen molar-refractivity contribution in [2.24, 2.45) is 5.41 Å². The minimum absolute atomic E-state index is 0.00297. The summed E-state index contributed by atoms with van der Waals surface area (Å²) >= 11 is 12.1. The van der Waals surface area contributed by atoms with E-state index in [0.29, 0.717) is 21.2 Å². The molecular weight excluding hydrogens is 323 g/mol. The van der Waals surface area contributed by atoms with Crippen molar-refractivity contribution in [1.82, 2.24) is 10.2 Å². The fourth-order valence-corrected chi connectivity index (χ4v) is 3.80.